The molecular formula is C15H23N3O3. The van der Waals surface area contributed by atoms with Crippen molar-refractivity contribution < 1.29 is 14.3 Å². The molecule has 1 unspecified atom stereocenters. The first-order valence-electron chi connectivity index (χ1n) is 7.20. The molecule has 6 heteroatoms. The molecule has 21 heavy (non-hydrogen) atoms. The summed E-state index contributed by atoms with van der Waals surface area (Å²) in [4.78, 5) is 11.8. The van der Waals surface area contributed by atoms with Crippen LogP contribution in [0.4, 0.5) is 10.5 Å². The van der Waals surface area contributed by atoms with Gasteiger partial charge < -0.3 is 9.47 Å². The summed E-state index contributed by atoms with van der Waals surface area (Å²) >= 11 is 0. The van der Waals surface area contributed by atoms with Gasteiger partial charge in [-0.15, -0.1) is 0 Å². The van der Waals surface area contributed by atoms with E-state index in [1.807, 2.05) is 33.2 Å². The van der Waals surface area contributed by atoms with E-state index < -0.39 is 6.09 Å². The Morgan fingerprint density at radius 3 is 2.62 bits per heavy atom. The standard InChI is InChI=1S/C15H23N3O3/c1-4-20-14-7-5-12(6-8-14)16-15(19)21-11-13-9-10-17(2)18(13)3/h5-8,13H,4,9-11H2,1-3H3,(H,16,19). The number of benzene rings is 1. The fourth-order valence-electron chi connectivity index (χ4n) is 2.28. The molecule has 0 aromatic heterocycles. The van der Waals surface area contributed by atoms with Crippen LogP contribution >= 0.6 is 0 Å². The third kappa shape index (κ3) is 4.34. The lowest BCUT2D eigenvalue weighted by Gasteiger charge is -2.24. The average Bonchev–Trinajstić information content (AvgIpc) is 2.79. The number of carbonyl (C=O) groups excluding carboxylic acids is 1. The molecule has 1 N–H and O–H groups in total. The number of likely N-dealkylation sites (N-methyl/N-ethyl adjacent to an activating group) is 1. The molecule has 0 radical (unpaired) electrons. The van der Waals surface area contributed by atoms with Crippen LogP contribution in [0.3, 0.4) is 0 Å². The van der Waals surface area contributed by atoms with Crippen LogP contribution in [0.15, 0.2) is 24.3 Å². The molecule has 1 heterocycles. The number of ether oxygens (including phenoxy) is 2. The molecule has 1 aromatic carbocycles. The maximum absolute atomic E-state index is 11.8. The van der Waals surface area contributed by atoms with Crippen molar-refractivity contribution in [1.29, 1.82) is 0 Å². The van der Waals surface area contributed by atoms with Gasteiger partial charge in [0.25, 0.3) is 0 Å². The van der Waals surface area contributed by atoms with Crippen molar-refractivity contribution in [2.24, 2.45) is 0 Å². The molecule has 1 aliphatic rings. The van der Waals surface area contributed by atoms with Crippen molar-refractivity contribution in [3.63, 3.8) is 0 Å². The Kier molecular flexibility index (Phi) is 5.41. The number of hydrogen-bond acceptors (Lipinski definition) is 5. The van der Waals surface area contributed by atoms with Crippen LogP contribution in [0.5, 0.6) is 5.75 Å². The quantitative estimate of drug-likeness (QED) is 0.902. The third-order valence-corrected chi connectivity index (χ3v) is 3.67. The fourth-order valence-corrected chi connectivity index (χ4v) is 2.28. The molecule has 1 fully saturated rings. The van der Waals surface area contributed by atoms with Gasteiger partial charge in [-0.05, 0) is 37.6 Å². The van der Waals surface area contributed by atoms with Crippen molar-refractivity contribution in [3.8, 4) is 5.75 Å². The summed E-state index contributed by atoms with van der Waals surface area (Å²) < 4.78 is 10.6. The Balaban J connectivity index is 1.76. The van der Waals surface area contributed by atoms with E-state index in [1.54, 1.807) is 12.1 Å². The monoisotopic (exact) mass is 293 g/mol. The lowest BCUT2D eigenvalue weighted by atomic mass is 10.2. The highest BCUT2D eigenvalue weighted by molar-refractivity contribution is 5.84. The zero-order valence-electron chi connectivity index (χ0n) is 12.8. The number of carbonyl (C=O) groups is 1. The minimum atomic E-state index is -0.429. The number of anilines is 1. The molecule has 0 saturated carbocycles. The van der Waals surface area contributed by atoms with Crippen LogP contribution < -0.4 is 10.1 Å². The van der Waals surface area contributed by atoms with Gasteiger partial charge in [0.05, 0.1) is 12.6 Å². The highest BCUT2D eigenvalue weighted by atomic mass is 16.5. The van der Waals surface area contributed by atoms with Gasteiger partial charge in [0.1, 0.15) is 12.4 Å². The van der Waals surface area contributed by atoms with Crippen molar-refractivity contribution in [2.45, 2.75) is 19.4 Å². The molecule has 1 atom stereocenters. The summed E-state index contributed by atoms with van der Waals surface area (Å²) in [6.07, 6.45) is 0.575. The summed E-state index contributed by atoms with van der Waals surface area (Å²) in [5, 5.41) is 6.94. The topological polar surface area (TPSA) is 54.0 Å². The number of nitrogens with zero attached hydrogens (tertiary/aromatic N) is 2. The van der Waals surface area contributed by atoms with E-state index in [0.29, 0.717) is 18.9 Å². The van der Waals surface area contributed by atoms with E-state index in [9.17, 15) is 4.79 Å². The lowest BCUT2D eigenvalue weighted by Crippen LogP contribution is -2.38. The second-order valence-corrected chi connectivity index (χ2v) is 5.08. The van der Waals surface area contributed by atoms with E-state index in [0.717, 1.165) is 18.7 Å². The summed E-state index contributed by atoms with van der Waals surface area (Å²) in [6.45, 7) is 3.94. The molecule has 6 nitrogen and oxygen atoms in total. The minimum Gasteiger partial charge on any atom is -0.494 e. The van der Waals surface area contributed by atoms with E-state index in [-0.39, 0.29) is 6.04 Å². The first-order valence-corrected chi connectivity index (χ1v) is 7.20. The maximum Gasteiger partial charge on any atom is 0.411 e. The highest BCUT2D eigenvalue weighted by Crippen LogP contribution is 2.17. The molecule has 116 valence electrons. The molecule has 1 saturated heterocycles. The van der Waals surface area contributed by atoms with E-state index in [1.165, 1.54) is 0 Å². The Hall–Kier alpha value is -1.79. The van der Waals surface area contributed by atoms with Gasteiger partial charge in [-0.25, -0.2) is 14.8 Å². The van der Waals surface area contributed by atoms with Crippen LogP contribution in [0, 0.1) is 0 Å². The number of nitrogens with one attached hydrogen (secondary N) is 1. The van der Waals surface area contributed by atoms with Gasteiger partial charge in [-0.3, -0.25) is 5.32 Å². The molecule has 1 aromatic rings. The minimum absolute atomic E-state index is 0.251. The summed E-state index contributed by atoms with van der Waals surface area (Å²) in [6, 6.07) is 7.47. The van der Waals surface area contributed by atoms with E-state index in [2.05, 4.69) is 15.3 Å². The van der Waals surface area contributed by atoms with Crippen molar-refractivity contribution in [3.05, 3.63) is 24.3 Å². The maximum atomic E-state index is 11.8. The number of hydrazine groups is 1. The van der Waals surface area contributed by atoms with E-state index >= 15 is 0 Å². The van der Waals surface area contributed by atoms with Gasteiger partial charge in [-0.2, -0.15) is 0 Å². The smallest absolute Gasteiger partial charge is 0.411 e. The summed E-state index contributed by atoms with van der Waals surface area (Å²) in [5.41, 5.74) is 0.695. The van der Waals surface area contributed by atoms with Gasteiger partial charge in [0.15, 0.2) is 0 Å². The highest BCUT2D eigenvalue weighted by Gasteiger charge is 2.26. The molecule has 0 aliphatic carbocycles. The molecular weight excluding hydrogens is 270 g/mol. The number of rotatable bonds is 5. The normalized spacial score (nSPS) is 19.5. The Morgan fingerprint density at radius 1 is 1.33 bits per heavy atom. The number of amides is 1. The van der Waals surface area contributed by atoms with Gasteiger partial charge >= 0.3 is 6.09 Å². The van der Waals surface area contributed by atoms with Crippen LogP contribution in [0.2, 0.25) is 0 Å². The van der Waals surface area contributed by atoms with Crippen molar-refractivity contribution >= 4 is 11.8 Å². The van der Waals surface area contributed by atoms with Gasteiger partial charge in [-0.1, -0.05) is 0 Å². The van der Waals surface area contributed by atoms with Crippen LogP contribution in [0.1, 0.15) is 13.3 Å². The fraction of sp³-hybridized carbons (Fsp3) is 0.533. The summed E-state index contributed by atoms with van der Waals surface area (Å²) in [7, 11) is 4.03. The Morgan fingerprint density at radius 2 is 2.05 bits per heavy atom. The van der Waals surface area contributed by atoms with Gasteiger partial charge in [0, 0.05) is 26.3 Å². The zero-order chi connectivity index (χ0) is 15.2. The Labute approximate surface area is 125 Å². The largest absolute Gasteiger partial charge is 0.494 e. The van der Waals surface area contributed by atoms with Crippen molar-refractivity contribution in [2.75, 3.05) is 39.2 Å². The van der Waals surface area contributed by atoms with Crippen LogP contribution in [-0.2, 0) is 4.74 Å². The third-order valence-electron chi connectivity index (χ3n) is 3.67. The Bertz CT molecular complexity index is 464. The van der Waals surface area contributed by atoms with Gasteiger partial charge in [0.2, 0.25) is 0 Å². The summed E-state index contributed by atoms with van der Waals surface area (Å²) in [5.74, 6) is 0.784. The first-order chi connectivity index (χ1) is 10.1. The predicted octanol–water partition coefficient (Wildman–Crippen LogP) is 2.18. The molecule has 0 spiro atoms. The zero-order valence-corrected chi connectivity index (χ0v) is 12.8. The lowest BCUT2D eigenvalue weighted by molar-refractivity contribution is 0.0266. The second-order valence-electron chi connectivity index (χ2n) is 5.08. The molecule has 1 amide bonds. The predicted molar refractivity (Wildman–Crippen MR) is 81.4 cm³/mol. The first kappa shape index (κ1) is 15.6. The molecule has 1 aliphatic heterocycles. The van der Waals surface area contributed by atoms with Crippen molar-refractivity contribution in [1.82, 2.24) is 10.0 Å². The van der Waals surface area contributed by atoms with Crippen LogP contribution in [0.25, 0.3) is 0 Å². The van der Waals surface area contributed by atoms with E-state index in [4.69, 9.17) is 9.47 Å². The average molecular weight is 293 g/mol. The second kappa shape index (κ2) is 7.28. The molecule has 2 rings (SSSR count). The number of hydrogen-bond donors (Lipinski definition) is 1. The van der Waals surface area contributed by atoms with Crippen LogP contribution in [-0.4, -0.2) is 56.0 Å². The SMILES string of the molecule is CCOc1ccc(NC(=O)OCC2CCN(C)N2C)cc1. The molecule has 0 bridgehead atoms.